The molecule has 62 valence electrons. The Morgan fingerprint density at radius 3 is 2.82 bits per heavy atom. The summed E-state index contributed by atoms with van der Waals surface area (Å²) < 4.78 is 4.66. The number of carbonyl (C=O) groups excluding carboxylic acids is 2. The van der Waals surface area contributed by atoms with Crippen LogP contribution in [0.5, 0.6) is 0 Å². The maximum atomic E-state index is 10.7. The van der Waals surface area contributed by atoms with Gasteiger partial charge in [-0.25, -0.2) is 0 Å². The zero-order valence-electron chi connectivity index (χ0n) is 6.58. The summed E-state index contributed by atoms with van der Waals surface area (Å²) in [6.07, 6.45) is 4.62. The van der Waals surface area contributed by atoms with Crippen LogP contribution in [0.15, 0.2) is 12.2 Å². The Hall–Kier alpha value is -1.12. The van der Waals surface area contributed by atoms with E-state index in [1.165, 1.54) is 6.08 Å². The first-order chi connectivity index (χ1) is 5.31. The molecule has 0 unspecified atom stereocenters. The zero-order valence-corrected chi connectivity index (χ0v) is 6.58. The van der Waals surface area contributed by atoms with Crippen molar-refractivity contribution in [1.29, 1.82) is 0 Å². The lowest BCUT2D eigenvalue weighted by atomic mass is 10.3. The van der Waals surface area contributed by atoms with Crippen LogP contribution in [0.1, 0.15) is 19.8 Å². The van der Waals surface area contributed by atoms with E-state index in [-0.39, 0.29) is 5.97 Å². The fourth-order valence-electron chi connectivity index (χ4n) is 0.586. The quantitative estimate of drug-likeness (QED) is 0.340. The molecule has 0 radical (unpaired) electrons. The summed E-state index contributed by atoms with van der Waals surface area (Å²) in [4.78, 5) is 20.4. The average Bonchev–Trinajstić information content (AvgIpc) is 1.99. The first-order valence-corrected chi connectivity index (χ1v) is 3.57. The third kappa shape index (κ3) is 6.77. The van der Waals surface area contributed by atoms with Crippen molar-refractivity contribution in [2.24, 2.45) is 0 Å². The summed E-state index contributed by atoms with van der Waals surface area (Å²) in [6, 6.07) is 0. The van der Waals surface area contributed by atoms with E-state index >= 15 is 0 Å². The normalized spacial score (nSPS) is 9.91. The number of hydrogen-bond acceptors (Lipinski definition) is 3. The molecule has 0 rings (SSSR count). The van der Waals surface area contributed by atoms with Crippen molar-refractivity contribution in [2.75, 3.05) is 6.61 Å². The first-order valence-electron chi connectivity index (χ1n) is 3.57. The molecule has 0 saturated heterocycles. The molecule has 11 heavy (non-hydrogen) atoms. The molecule has 0 bridgehead atoms. The SMILES string of the molecule is CCOC(=O)CC/C=C\C=O. The van der Waals surface area contributed by atoms with Crippen LogP contribution in [0.4, 0.5) is 0 Å². The third-order valence-electron chi connectivity index (χ3n) is 1.04. The highest BCUT2D eigenvalue weighted by Crippen LogP contribution is 1.93. The number of carbonyl (C=O) groups is 2. The van der Waals surface area contributed by atoms with Gasteiger partial charge in [-0.3, -0.25) is 9.59 Å². The summed E-state index contributed by atoms with van der Waals surface area (Å²) in [6.45, 7) is 2.18. The van der Waals surface area contributed by atoms with Crippen LogP contribution in [-0.4, -0.2) is 18.9 Å². The molecule has 0 aliphatic rings. The van der Waals surface area contributed by atoms with Crippen molar-refractivity contribution in [1.82, 2.24) is 0 Å². The minimum atomic E-state index is -0.219. The summed E-state index contributed by atoms with van der Waals surface area (Å²) in [7, 11) is 0. The molecule has 0 aliphatic heterocycles. The Morgan fingerprint density at radius 1 is 1.55 bits per heavy atom. The number of hydrogen-bond donors (Lipinski definition) is 0. The number of ether oxygens (including phenoxy) is 1. The predicted octanol–water partition coefficient (Wildman–Crippen LogP) is 1.08. The third-order valence-corrected chi connectivity index (χ3v) is 1.04. The zero-order chi connectivity index (χ0) is 8.53. The summed E-state index contributed by atoms with van der Waals surface area (Å²) in [5, 5.41) is 0. The van der Waals surface area contributed by atoms with Crippen LogP contribution in [0.3, 0.4) is 0 Å². The van der Waals surface area contributed by atoms with Gasteiger partial charge in [0, 0.05) is 6.42 Å². The number of esters is 1. The van der Waals surface area contributed by atoms with Crippen molar-refractivity contribution in [3.63, 3.8) is 0 Å². The molecule has 0 amide bonds. The molecule has 0 atom stereocenters. The van der Waals surface area contributed by atoms with E-state index in [0.717, 1.165) is 0 Å². The Morgan fingerprint density at radius 2 is 2.27 bits per heavy atom. The van der Waals surface area contributed by atoms with E-state index in [2.05, 4.69) is 4.74 Å². The lowest BCUT2D eigenvalue weighted by Crippen LogP contribution is -2.02. The molecule has 0 aromatic carbocycles. The molecular formula is C8H12O3. The highest BCUT2D eigenvalue weighted by atomic mass is 16.5. The van der Waals surface area contributed by atoms with Gasteiger partial charge in [0.1, 0.15) is 6.29 Å². The van der Waals surface area contributed by atoms with Gasteiger partial charge in [-0.2, -0.15) is 0 Å². The number of aldehydes is 1. The first kappa shape index (κ1) is 9.88. The van der Waals surface area contributed by atoms with E-state index < -0.39 is 0 Å². The van der Waals surface area contributed by atoms with E-state index in [1.54, 1.807) is 13.0 Å². The van der Waals surface area contributed by atoms with Crippen LogP contribution in [0.2, 0.25) is 0 Å². The summed E-state index contributed by atoms with van der Waals surface area (Å²) in [5.74, 6) is -0.219. The smallest absolute Gasteiger partial charge is 0.306 e. The van der Waals surface area contributed by atoms with E-state index in [9.17, 15) is 9.59 Å². The topological polar surface area (TPSA) is 43.4 Å². The van der Waals surface area contributed by atoms with Crippen LogP contribution in [-0.2, 0) is 14.3 Å². The maximum absolute atomic E-state index is 10.7. The lowest BCUT2D eigenvalue weighted by Gasteiger charge is -1.97. The van der Waals surface area contributed by atoms with Gasteiger partial charge < -0.3 is 4.74 Å². The van der Waals surface area contributed by atoms with Gasteiger partial charge in [0.05, 0.1) is 6.61 Å². The molecule has 0 N–H and O–H groups in total. The molecule has 0 aromatic heterocycles. The second kappa shape index (κ2) is 6.99. The van der Waals surface area contributed by atoms with Gasteiger partial charge in [-0.1, -0.05) is 6.08 Å². The second-order valence-corrected chi connectivity index (χ2v) is 1.91. The molecule has 3 nitrogen and oxygen atoms in total. The lowest BCUT2D eigenvalue weighted by molar-refractivity contribution is -0.143. The van der Waals surface area contributed by atoms with Crippen molar-refractivity contribution in [2.45, 2.75) is 19.8 Å². The summed E-state index contributed by atoms with van der Waals surface area (Å²) in [5.41, 5.74) is 0. The van der Waals surface area contributed by atoms with Gasteiger partial charge in [0.2, 0.25) is 0 Å². The Bertz CT molecular complexity index is 149. The monoisotopic (exact) mass is 156 g/mol. The van der Waals surface area contributed by atoms with Crippen molar-refractivity contribution in [3.05, 3.63) is 12.2 Å². The van der Waals surface area contributed by atoms with Crippen LogP contribution >= 0.6 is 0 Å². The summed E-state index contributed by atoms with van der Waals surface area (Å²) >= 11 is 0. The predicted molar refractivity (Wildman–Crippen MR) is 41.1 cm³/mol. The van der Waals surface area contributed by atoms with Gasteiger partial charge >= 0.3 is 5.97 Å². The highest BCUT2D eigenvalue weighted by Gasteiger charge is 1.97. The minimum Gasteiger partial charge on any atom is -0.466 e. The molecule has 0 fully saturated rings. The van der Waals surface area contributed by atoms with Gasteiger partial charge in [-0.05, 0) is 19.4 Å². The van der Waals surface area contributed by atoms with Crippen LogP contribution < -0.4 is 0 Å². The molecule has 0 heterocycles. The van der Waals surface area contributed by atoms with E-state index in [4.69, 9.17) is 0 Å². The fraction of sp³-hybridized carbons (Fsp3) is 0.500. The van der Waals surface area contributed by atoms with Crippen molar-refractivity contribution >= 4 is 12.3 Å². The molecule has 0 aliphatic carbocycles. The van der Waals surface area contributed by atoms with Crippen molar-refractivity contribution in [3.8, 4) is 0 Å². The molecule has 3 heteroatoms. The van der Waals surface area contributed by atoms with E-state index in [0.29, 0.717) is 25.7 Å². The van der Waals surface area contributed by atoms with Crippen LogP contribution in [0, 0.1) is 0 Å². The number of allylic oxidation sites excluding steroid dienone is 2. The molecule has 0 spiro atoms. The standard InChI is InChI=1S/C8H12O3/c1-2-11-8(10)6-4-3-5-7-9/h3,5,7H,2,4,6H2,1H3/b5-3-. The van der Waals surface area contributed by atoms with Gasteiger partial charge in [0.25, 0.3) is 0 Å². The average molecular weight is 156 g/mol. The number of rotatable bonds is 5. The largest absolute Gasteiger partial charge is 0.466 e. The Labute approximate surface area is 66.0 Å². The molecular weight excluding hydrogens is 144 g/mol. The second-order valence-electron chi connectivity index (χ2n) is 1.91. The molecule has 0 aromatic rings. The van der Waals surface area contributed by atoms with Crippen LogP contribution in [0.25, 0.3) is 0 Å². The van der Waals surface area contributed by atoms with E-state index in [1.807, 2.05) is 0 Å². The minimum absolute atomic E-state index is 0.219. The van der Waals surface area contributed by atoms with Gasteiger partial charge in [0.15, 0.2) is 0 Å². The fourth-order valence-corrected chi connectivity index (χ4v) is 0.586. The molecule has 0 saturated carbocycles. The Balaban J connectivity index is 3.30. The van der Waals surface area contributed by atoms with Crippen molar-refractivity contribution < 1.29 is 14.3 Å². The maximum Gasteiger partial charge on any atom is 0.306 e. The highest BCUT2D eigenvalue weighted by molar-refractivity contribution is 5.70. The van der Waals surface area contributed by atoms with Gasteiger partial charge in [-0.15, -0.1) is 0 Å². The Kier molecular flexibility index (Phi) is 6.28.